The minimum Gasteiger partial charge on any atom is -0.348 e. The third-order valence-corrected chi connectivity index (χ3v) is 3.53. The van der Waals surface area contributed by atoms with Crippen LogP contribution in [-0.4, -0.2) is 18.5 Å². The molecule has 3 nitrogen and oxygen atoms in total. The molecule has 1 heterocycles. The largest absolute Gasteiger partial charge is 0.348 e. The Morgan fingerprint density at radius 3 is 2.94 bits per heavy atom. The van der Waals surface area contributed by atoms with E-state index in [2.05, 4.69) is 35.8 Å². The molecule has 0 aliphatic carbocycles. The first-order valence-electron chi connectivity index (χ1n) is 6.77. The second kappa shape index (κ2) is 6.01. The minimum absolute atomic E-state index is 0.00832. The molecule has 1 aliphatic heterocycles. The first kappa shape index (κ1) is 13.1. The maximum Gasteiger partial charge on any atom is 0.237 e. The molecular weight excluding hydrogens is 224 g/mol. The highest BCUT2D eigenvalue weighted by atomic mass is 16.2. The highest BCUT2D eigenvalue weighted by Crippen LogP contribution is 2.15. The zero-order valence-electron chi connectivity index (χ0n) is 11.2. The molecule has 1 saturated heterocycles. The van der Waals surface area contributed by atoms with Crippen LogP contribution >= 0.6 is 0 Å². The van der Waals surface area contributed by atoms with Crippen molar-refractivity contribution in [3.8, 4) is 0 Å². The number of amides is 1. The van der Waals surface area contributed by atoms with Gasteiger partial charge in [0, 0.05) is 0 Å². The predicted octanol–water partition coefficient (Wildman–Crippen LogP) is 2.31. The summed E-state index contributed by atoms with van der Waals surface area (Å²) >= 11 is 0. The maximum absolute atomic E-state index is 12.1. The van der Waals surface area contributed by atoms with Crippen molar-refractivity contribution in [1.82, 2.24) is 10.6 Å². The van der Waals surface area contributed by atoms with Crippen LogP contribution in [0.15, 0.2) is 24.3 Å². The molecule has 1 amide bonds. The van der Waals surface area contributed by atoms with Gasteiger partial charge in [-0.25, -0.2) is 0 Å². The maximum atomic E-state index is 12.1. The van der Waals surface area contributed by atoms with Crippen LogP contribution in [0.4, 0.5) is 0 Å². The number of aryl methyl sites for hydroxylation is 1. The van der Waals surface area contributed by atoms with Crippen LogP contribution in [0.3, 0.4) is 0 Å². The number of carbonyl (C=O) groups is 1. The lowest BCUT2D eigenvalue weighted by Crippen LogP contribution is -2.47. The van der Waals surface area contributed by atoms with Gasteiger partial charge in [-0.15, -0.1) is 0 Å². The summed E-state index contributed by atoms with van der Waals surface area (Å²) in [6.45, 7) is 5.06. The van der Waals surface area contributed by atoms with Gasteiger partial charge in [0.2, 0.25) is 5.91 Å². The molecule has 1 aromatic carbocycles. The molecule has 2 atom stereocenters. The number of nitrogens with one attached hydrogen (secondary N) is 2. The zero-order chi connectivity index (χ0) is 13.0. The summed E-state index contributed by atoms with van der Waals surface area (Å²) in [6, 6.07) is 8.35. The van der Waals surface area contributed by atoms with Crippen LogP contribution in [0, 0.1) is 6.92 Å². The fourth-order valence-electron chi connectivity index (χ4n) is 2.41. The van der Waals surface area contributed by atoms with E-state index in [1.54, 1.807) is 0 Å². The van der Waals surface area contributed by atoms with Crippen molar-refractivity contribution in [3.05, 3.63) is 35.4 Å². The Morgan fingerprint density at radius 1 is 1.44 bits per heavy atom. The highest BCUT2D eigenvalue weighted by molar-refractivity contribution is 5.82. The van der Waals surface area contributed by atoms with Gasteiger partial charge in [0.1, 0.15) is 0 Å². The molecule has 0 spiro atoms. The highest BCUT2D eigenvalue weighted by Gasteiger charge is 2.21. The van der Waals surface area contributed by atoms with Gasteiger partial charge in [0.25, 0.3) is 0 Å². The lowest BCUT2D eigenvalue weighted by molar-refractivity contribution is -0.124. The van der Waals surface area contributed by atoms with E-state index in [-0.39, 0.29) is 18.0 Å². The monoisotopic (exact) mass is 246 g/mol. The Bertz CT molecular complexity index is 411. The van der Waals surface area contributed by atoms with E-state index >= 15 is 0 Å². The van der Waals surface area contributed by atoms with Crippen LogP contribution in [0.2, 0.25) is 0 Å². The normalized spacial score (nSPS) is 21.3. The number of hydrogen-bond acceptors (Lipinski definition) is 2. The Balaban J connectivity index is 1.94. The van der Waals surface area contributed by atoms with Gasteiger partial charge in [-0.05, 0) is 38.8 Å². The molecule has 0 bridgehead atoms. The number of piperidine rings is 1. The first-order valence-corrected chi connectivity index (χ1v) is 6.77. The minimum atomic E-state index is -0.00832. The molecule has 1 aromatic rings. The second-order valence-corrected chi connectivity index (χ2v) is 5.15. The number of hydrogen-bond donors (Lipinski definition) is 2. The summed E-state index contributed by atoms with van der Waals surface area (Å²) in [7, 11) is 0. The van der Waals surface area contributed by atoms with Crippen molar-refractivity contribution in [1.29, 1.82) is 0 Å². The SMILES string of the molecule is Cc1cccc([C@@H](C)NC(=O)[C@@H]2CCCCN2)c1. The predicted molar refractivity (Wildman–Crippen MR) is 73.4 cm³/mol. The van der Waals surface area contributed by atoms with Crippen LogP contribution in [0.1, 0.15) is 43.4 Å². The molecule has 2 N–H and O–H groups in total. The molecule has 1 fully saturated rings. The smallest absolute Gasteiger partial charge is 0.237 e. The van der Waals surface area contributed by atoms with E-state index in [1.165, 1.54) is 17.5 Å². The average molecular weight is 246 g/mol. The molecule has 2 rings (SSSR count). The van der Waals surface area contributed by atoms with Crippen LogP contribution < -0.4 is 10.6 Å². The number of rotatable bonds is 3. The fourth-order valence-corrected chi connectivity index (χ4v) is 2.41. The molecule has 1 aliphatic rings. The van der Waals surface area contributed by atoms with Crippen LogP contribution in [0.5, 0.6) is 0 Å². The fraction of sp³-hybridized carbons (Fsp3) is 0.533. The standard InChI is InChI=1S/C15H22N2O/c1-11-6-5-7-13(10-11)12(2)17-15(18)14-8-3-4-9-16-14/h5-7,10,12,14,16H,3-4,8-9H2,1-2H3,(H,17,18)/t12-,14+/m1/s1. The molecule has 0 aromatic heterocycles. The molecule has 98 valence electrons. The van der Waals surface area contributed by atoms with E-state index in [4.69, 9.17) is 0 Å². The van der Waals surface area contributed by atoms with Gasteiger partial charge < -0.3 is 10.6 Å². The van der Waals surface area contributed by atoms with Crippen molar-refractivity contribution in [2.24, 2.45) is 0 Å². The second-order valence-electron chi connectivity index (χ2n) is 5.15. The number of benzene rings is 1. The summed E-state index contributed by atoms with van der Waals surface area (Å²) in [4.78, 5) is 12.1. The molecule has 0 saturated carbocycles. The van der Waals surface area contributed by atoms with Crippen molar-refractivity contribution in [3.63, 3.8) is 0 Å². The Morgan fingerprint density at radius 2 is 2.28 bits per heavy atom. The third kappa shape index (κ3) is 3.33. The summed E-state index contributed by atoms with van der Waals surface area (Å²) in [6.07, 6.45) is 3.27. The van der Waals surface area contributed by atoms with E-state index in [9.17, 15) is 4.79 Å². The number of carbonyl (C=O) groups excluding carboxylic acids is 1. The lowest BCUT2D eigenvalue weighted by Gasteiger charge is -2.24. The van der Waals surface area contributed by atoms with Gasteiger partial charge in [0.15, 0.2) is 0 Å². The molecular formula is C15H22N2O. The molecule has 18 heavy (non-hydrogen) atoms. The van der Waals surface area contributed by atoms with Crippen molar-refractivity contribution in [2.75, 3.05) is 6.54 Å². The van der Waals surface area contributed by atoms with Gasteiger partial charge in [-0.3, -0.25) is 4.79 Å². The van der Waals surface area contributed by atoms with Crippen molar-refractivity contribution < 1.29 is 4.79 Å². The third-order valence-electron chi connectivity index (χ3n) is 3.53. The van der Waals surface area contributed by atoms with Gasteiger partial charge in [-0.2, -0.15) is 0 Å². The summed E-state index contributed by atoms with van der Waals surface area (Å²) in [5.74, 6) is 0.128. The lowest BCUT2D eigenvalue weighted by atomic mass is 10.0. The summed E-state index contributed by atoms with van der Waals surface area (Å²) in [5, 5.41) is 6.37. The van der Waals surface area contributed by atoms with Crippen LogP contribution in [-0.2, 0) is 4.79 Å². The van der Waals surface area contributed by atoms with E-state index in [1.807, 2.05) is 13.0 Å². The Kier molecular flexibility index (Phi) is 4.37. The topological polar surface area (TPSA) is 41.1 Å². The van der Waals surface area contributed by atoms with Crippen LogP contribution in [0.25, 0.3) is 0 Å². The van der Waals surface area contributed by atoms with E-state index in [0.29, 0.717) is 0 Å². The Hall–Kier alpha value is -1.35. The van der Waals surface area contributed by atoms with Gasteiger partial charge in [-0.1, -0.05) is 36.2 Å². The van der Waals surface area contributed by atoms with E-state index in [0.717, 1.165) is 19.4 Å². The van der Waals surface area contributed by atoms with Crippen molar-refractivity contribution >= 4 is 5.91 Å². The molecule has 3 heteroatoms. The molecule has 0 radical (unpaired) electrons. The average Bonchev–Trinajstić information content (AvgIpc) is 2.39. The van der Waals surface area contributed by atoms with E-state index < -0.39 is 0 Å². The quantitative estimate of drug-likeness (QED) is 0.859. The van der Waals surface area contributed by atoms with Gasteiger partial charge >= 0.3 is 0 Å². The van der Waals surface area contributed by atoms with Crippen molar-refractivity contribution in [2.45, 2.75) is 45.2 Å². The van der Waals surface area contributed by atoms with Gasteiger partial charge in [0.05, 0.1) is 12.1 Å². The summed E-state index contributed by atoms with van der Waals surface area (Å²) in [5.41, 5.74) is 2.39. The summed E-state index contributed by atoms with van der Waals surface area (Å²) < 4.78 is 0. The Labute approximate surface area is 109 Å². The zero-order valence-corrected chi connectivity index (χ0v) is 11.2. The molecule has 0 unspecified atom stereocenters. The first-order chi connectivity index (χ1) is 8.66.